The zero-order valence-electron chi connectivity index (χ0n) is 18.9. The van der Waals surface area contributed by atoms with Crippen molar-refractivity contribution in [3.8, 4) is 0 Å². The summed E-state index contributed by atoms with van der Waals surface area (Å²) < 4.78 is 5.68. The topological polar surface area (TPSA) is 40.1 Å². The van der Waals surface area contributed by atoms with E-state index in [2.05, 4.69) is 58.2 Å². The van der Waals surface area contributed by atoms with Gasteiger partial charge in [-0.1, -0.05) is 38.1 Å². The van der Waals surface area contributed by atoms with Crippen LogP contribution in [0.1, 0.15) is 44.2 Å². The van der Waals surface area contributed by atoms with Crippen molar-refractivity contribution in [2.24, 2.45) is 22.2 Å². The number of guanidine groups is 1. The van der Waals surface area contributed by atoms with Gasteiger partial charge in [-0.3, -0.25) is 9.89 Å². The number of hydrogen-bond donors (Lipinski definition) is 1. The molecule has 4 rings (SSSR count). The van der Waals surface area contributed by atoms with Gasteiger partial charge >= 0.3 is 0 Å². The molecular formula is C24H39IN4O. The molecule has 168 valence electrons. The number of rotatable bonds is 4. The lowest BCUT2D eigenvalue weighted by Gasteiger charge is -2.35. The zero-order valence-corrected chi connectivity index (χ0v) is 21.2. The van der Waals surface area contributed by atoms with Crippen LogP contribution >= 0.6 is 24.0 Å². The van der Waals surface area contributed by atoms with E-state index in [0.717, 1.165) is 57.2 Å². The average Bonchev–Trinajstić information content (AvgIpc) is 3.33. The lowest BCUT2D eigenvalue weighted by Crippen LogP contribution is -2.41. The summed E-state index contributed by atoms with van der Waals surface area (Å²) in [6.07, 6.45) is 3.77. The Morgan fingerprint density at radius 2 is 1.90 bits per heavy atom. The summed E-state index contributed by atoms with van der Waals surface area (Å²) in [5, 5.41) is 3.65. The summed E-state index contributed by atoms with van der Waals surface area (Å²) in [6.45, 7) is 13.1. The van der Waals surface area contributed by atoms with E-state index in [9.17, 15) is 0 Å². The molecule has 6 heteroatoms. The van der Waals surface area contributed by atoms with Crippen LogP contribution < -0.4 is 5.32 Å². The molecule has 1 aromatic carbocycles. The van der Waals surface area contributed by atoms with Crippen LogP contribution in [0.5, 0.6) is 0 Å². The summed E-state index contributed by atoms with van der Waals surface area (Å²) >= 11 is 0. The number of nitrogens with one attached hydrogen (secondary N) is 1. The van der Waals surface area contributed by atoms with Crippen molar-refractivity contribution in [3.05, 3.63) is 35.4 Å². The van der Waals surface area contributed by atoms with Gasteiger partial charge in [0.1, 0.15) is 0 Å². The molecule has 3 aliphatic heterocycles. The van der Waals surface area contributed by atoms with Crippen LogP contribution in [-0.2, 0) is 17.8 Å². The highest BCUT2D eigenvalue weighted by Gasteiger charge is 2.42. The lowest BCUT2D eigenvalue weighted by atomic mass is 9.87. The van der Waals surface area contributed by atoms with Crippen molar-refractivity contribution in [2.75, 3.05) is 46.4 Å². The van der Waals surface area contributed by atoms with E-state index in [1.54, 1.807) is 0 Å². The Morgan fingerprint density at radius 1 is 1.17 bits per heavy atom. The molecule has 0 amide bonds. The molecule has 3 heterocycles. The molecule has 3 saturated heterocycles. The molecule has 0 aromatic heterocycles. The van der Waals surface area contributed by atoms with Crippen molar-refractivity contribution < 1.29 is 4.74 Å². The number of halogens is 1. The normalized spacial score (nSPS) is 30.0. The van der Waals surface area contributed by atoms with Gasteiger partial charge in [-0.15, -0.1) is 24.0 Å². The second kappa shape index (κ2) is 10.6. The predicted molar refractivity (Wildman–Crippen MR) is 134 cm³/mol. The molecule has 3 atom stereocenters. The molecule has 3 fully saturated rings. The first-order valence-corrected chi connectivity index (χ1v) is 11.4. The molecule has 0 saturated carbocycles. The van der Waals surface area contributed by atoms with Crippen molar-refractivity contribution in [1.82, 2.24) is 15.1 Å². The predicted octanol–water partition coefficient (Wildman–Crippen LogP) is 3.97. The van der Waals surface area contributed by atoms with Crippen LogP contribution in [0.2, 0.25) is 0 Å². The van der Waals surface area contributed by atoms with Gasteiger partial charge in [-0.2, -0.15) is 0 Å². The number of nitrogens with zero attached hydrogens (tertiary/aromatic N) is 3. The largest absolute Gasteiger partial charge is 0.381 e. The van der Waals surface area contributed by atoms with E-state index in [1.807, 2.05) is 7.05 Å². The SMILES string of the molecule is CN=C(NCc1ccccc1CN1CC(C)CC(C)C1)N1CCC2(CCOC2)C1.I. The molecule has 1 spiro atoms. The fourth-order valence-electron chi connectivity index (χ4n) is 5.64. The highest BCUT2D eigenvalue weighted by molar-refractivity contribution is 14.0. The maximum Gasteiger partial charge on any atom is 0.193 e. The minimum atomic E-state index is 0. The zero-order chi connectivity index (χ0) is 20.3. The monoisotopic (exact) mass is 526 g/mol. The maximum absolute atomic E-state index is 5.68. The van der Waals surface area contributed by atoms with E-state index in [1.165, 1.54) is 43.5 Å². The van der Waals surface area contributed by atoms with Gasteiger partial charge in [0.2, 0.25) is 0 Å². The number of likely N-dealkylation sites (tertiary alicyclic amines) is 2. The second-order valence-corrected chi connectivity index (χ2v) is 9.78. The van der Waals surface area contributed by atoms with Crippen LogP contribution in [0, 0.1) is 17.3 Å². The van der Waals surface area contributed by atoms with Crippen molar-refractivity contribution in [3.63, 3.8) is 0 Å². The van der Waals surface area contributed by atoms with Crippen molar-refractivity contribution >= 4 is 29.9 Å². The fraction of sp³-hybridized carbons (Fsp3) is 0.708. The van der Waals surface area contributed by atoms with E-state index in [4.69, 9.17) is 4.74 Å². The highest BCUT2D eigenvalue weighted by atomic mass is 127. The third kappa shape index (κ3) is 5.68. The number of piperidine rings is 1. The van der Waals surface area contributed by atoms with Gasteiger partial charge in [0, 0.05) is 58.3 Å². The molecular weight excluding hydrogens is 487 g/mol. The third-order valence-electron chi connectivity index (χ3n) is 7.03. The van der Waals surface area contributed by atoms with Gasteiger partial charge < -0.3 is 15.0 Å². The molecule has 3 unspecified atom stereocenters. The van der Waals surface area contributed by atoms with E-state index in [0.29, 0.717) is 5.41 Å². The summed E-state index contributed by atoms with van der Waals surface area (Å²) in [5.74, 6) is 2.62. The Kier molecular flexibility index (Phi) is 8.44. The highest BCUT2D eigenvalue weighted by Crippen LogP contribution is 2.38. The number of aliphatic imine (C=N–C) groups is 1. The first kappa shape index (κ1) is 23.8. The molecule has 0 radical (unpaired) electrons. The molecule has 5 nitrogen and oxygen atoms in total. The first-order valence-electron chi connectivity index (χ1n) is 11.4. The van der Waals surface area contributed by atoms with Crippen LogP contribution in [0.15, 0.2) is 29.3 Å². The maximum atomic E-state index is 5.68. The molecule has 3 aliphatic rings. The smallest absolute Gasteiger partial charge is 0.193 e. The number of ether oxygens (including phenoxy) is 1. The lowest BCUT2D eigenvalue weighted by molar-refractivity contribution is 0.134. The Labute approximate surface area is 199 Å². The molecule has 0 bridgehead atoms. The summed E-state index contributed by atoms with van der Waals surface area (Å²) in [4.78, 5) is 9.64. The first-order chi connectivity index (χ1) is 14.1. The minimum absolute atomic E-state index is 0. The summed E-state index contributed by atoms with van der Waals surface area (Å²) in [7, 11) is 1.90. The molecule has 0 aliphatic carbocycles. The Morgan fingerprint density at radius 3 is 2.57 bits per heavy atom. The molecule has 1 aromatic rings. The van der Waals surface area contributed by atoms with Gasteiger partial charge in [0.15, 0.2) is 5.96 Å². The number of benzene rings is 1. The van der Waals surface area contributed by atoms with Gasteiger partial charge in [-0.05, 0) is 42.2 Å². The Hall–Kier alpha value is -0.860. The van der Waals surface area contributed by atoms with Crippen LogP contribution in [0.3, 0.4) is 0 Å². The second-order valence-electron chi connectivity index (χ2n) is 9.78. The fourth-order valence-corrected chi connectivity index (χ4v) is 5.64. The minimum Gasteiger partial charge on any atom is -0.381 e. The van der Waals surface area contributed by atoms with Crippen molar-refractivity contribution in [2.45, 2.75) is 46.2 Å². The summed E-state index contributed by atoms with van der Waals surface area (Å²) in [6, 6.07) is 8.90. The quantitative estimate of drug-likeness (QED) is 0.366. The van der Waals surface area contributed by atoms with Crippen molar-refractivity contribution in [1.29, 1.82) is 0 Å². The van der Waals surface area contributed by atoms with E-state index < -0.39 is 0 Å². The Bertz CT molecular complexity index is 709. The standard InChI is InChI=1S/C24H38N4O.HI/c1-19-12-20(2)15-27(14-19)16-22-7-5-4-6-21(22)13-26-23(25-3)28-10-8-24(17-28)9-11-29-18-24;/h4-7,19-20H,8-18H2,1-3H3,(H,25,26);1H. The Balaban J connectivity index is 0.00000256. The van der Waals surface area contributed by atoms with Gasteiger partial charge in [-0.25, -0.2) is 0 Å². The van der Waals surface area contributed by atoms with Gasteiger partial charge in [0.05, 0.1) is 6.61 Å². The van der Waals surface area contributed by atoms with Crippen LogP contribution in [0.25, 0.3) is 0 Å². The third-order valence-corrected chi connectivity index (χ3v) is 7.03. The van der Waals surface area contributed by atoms with E-state index >= 15 is 0 Å². The van der Waals surface area contributed by atoms with Gasteiger partial charge in [0.25, 0.3) is 0 Å². The van der Waals surface area contributed by atoms with Crippen LogP contribution in [0.4, 0.5) is 0 Å². The molecule has 1 N–H and O–H groups in total. The average molecular weight is 527 g/mol. The van der Waals surface area contributed by atoms with E-state index in [-0.39, 0.29) is 24.0 Å². The summed E-state index contributed by atoms with van der Waals surface area (Å²) in [5.41, 5.74) is 3.19. The van der Waals surface area contributed by atoms with Crippen LogP contribution in [-0.4, -0.2) is 62.2 Å². The number of hydrogen-bond acceptors (Lipinski definition) is 3. The molecule has 30 heavy (non-hydrogen) atoms.